The van der Waals surface area contributed by atoms with Gasteiger partial charge in [0.1, 0.15) is 22.3 Å². The number of unbranched alkanes of at least 4 members (excludes halogenated alkanes) is 1. The van der Waals surface area contributed by atoms with E-state index in [4.69, 9.17) is 61.0 Å². The van der Waals surface area contributed by atoms with E-state index in [0.717, 1.165) is 0 Å². The molecule has 192 valence electrons. The molecule has 3 N–H and O–H groups in total. The Kier molecular flexibility index (Phi) is 6.39. The number of phenols is 2. The van der Waals surface area contributed by atoms with Crippen LogP contribution in [0.5, 0.6) is 23.0 Å². The van der Waals surface area contributed by atoms with Gasteiger partial charge < -0.3 is 24.8 Å². The molecule has 0 radical (unpaired) electrons. The van der Waals surface area contributed by atoms with E-state index in [-0.39, 0.29) is 60.6 Å². The number of carbonyl (C=O) groups is 2. The van der Waals surface area contributed by atoms with Crippen molar-refractivity contribution in [3.63, 3.8) is 0 Å². The number of carbonyl (C=O) groups excluding carboxylic acids is 1. The second kappa shape index (κ2) is 9.17. The smallest absolute Gasteiger partial charge is 0.340 e. The monoisotopic (exact) mass is 582 g/mol. The Balaban J connectivity index is 1.80. The van der Waals surface area contributed by atoms with E-state index in [9.17, 15) is 19.8 Å². The maximum Gasteiger partial charge on any atom is 0.340 e. The molecular formula is C26H18Cl4O7. The van der Waals surface area contributed by atoms with Gasteiger partial charge in [0.25, 0.3) is 0 Å². The Morgan fingerprint density at radius 1 is 0.892 bits per heavy atom. The highest BCUT2D eigenvalue weighted by molar-refractivity contribution is 6.42. The molecule has 7 nitrogen and oxygen atoms in total. The molecule has 3 aromatic carbocycles. The van der Waals surface area contributed by atoms with Crippen molar-refractivity contribution < 1.29 is 34.4 Å². The Morgan fingerprint density at radius 3 is 2.24 bits per heavy atom. The van der Waals surface area contributed by atoms with Crippen molar-refractivity contribution in [1.29, 1.82) is 0 Å². The molecule has 0 bridgehead atoms. The minimum absolute atomic E-state index is 0.00556. The number of ether oxygens (including phenoxy) is 2. The second-order valence-corrected chi connectivity index (χ2v) is 10.5. The lowest BCUT2D eigenvalue weighted by Gasteiger charge is -2.38. The third kappa shape index (κ3) is 3.87. The minimum Gasteiger partial charge on any atom is -0.506 e. The topological polar surface area (TPSA) is 113 Å². The molecule has 2 aliphatic rings. The van der Waals surface area contributed by atoms with E-state index in [1.807, 2.05) is 0 Å². The van der Waals surface area contributed by atoms with E-state index < -0.39 is 17.5 Å². The number of fused-ring (bicyclic) bond motifs is 6. The molecule has 0 aliphatic carbocycles. The molecule has 2 aliphatic heterocycles. The molecule has 0 fully saturated rings. The van der Waals surface area contributed by atoms with Crippen LogP contribution in [0.4, 0.5) is 0 Å². The number of halogens is 4. The van der Waals surface area contributed by atoms with Gasteiger partial charge in [0.2, 0.25) is 0 Å². The zero-order chi connectivity index (χ0) is 26.8. The van der Waals surface area contributed by atoms with Gasteiger partial charge in [-0.05, 0) is 56.0 Å². The Morgan fingerprint density at radius 2 is 1.54 bits per heavy atom. The summed E-state index contributed by atoms with van der Waals surface area (Å²) in [6.45, 7) is 1.58. The summed E-state index contributed by atoms with van der Waals surface area (Å²) < 4.78 is 12.2. The molecule has 0 saturated carbocycles. The lowest BCUT2D eigenvalue weighted by atomic mass is 9.76. The summed E-state index contributed by atoms with van der Waals surface area (Å²) in [5.74, 6) is -1.90. The normalized spacial score (nSPS) is 17.2. The molecule has 0 amide bonds. The molecule has 5 rings (SSSR count). The number of esters is 1. The minimum atomic E-state index is -1.64. The Hall–Kier alpha value is -2.84. The Bertz CT molecular complexity index is 1520. The predicted octanol–water partition coefficient (Wildman–Crippen LogP) is 7.39. The number of aryl methyl sites for hydroxylation is 1. The number of hydrogen-bond acceptors (Lipinski definition) is 6. The number of aliphatic carboxylic acids is 1. The summed E-state index contributed by atoms with van der Waals surface area (Å²) >= 11 is 25.5. The van der Waals surface area contributed by atoms with Crippen LogP contribution in [0.3, 0.4) is 0 Å². The standard InChI is InChI=1S/C26H18Cl4O7/c1-10-21(33)18(29)9-15-23(10)36-24-14(6-11(22(34)20(24)30)4-2-3-5-19(31)32)26(15)13-8-17(28)16(27)7-12(13)25(35)37-26/h6-9,33-34H,2-5H2,1H3,(H,31,32). The summed E-state index contributed by atoms with van der Waals surface area (Å²) in [4.78, 5) is 24.1. The summed E-state index contributed by atoms with van der Waals surface area (Å²) in [5.41, 5.74) is 0.197. The zero-order valence-corrected chi connectivity index (χ0v) is 22.1. The number of aromatic hydroxyl groups is 2. The van der Waals surface area contributed by atoms with Gasteiger partial charge in [0, 0.05) is 28.7 Å². The molecule has 37 heavy (non-hydrogen) atoms. The van der Waals surface area contributed by atoms with Gasteiger partial charge in [-0.3, -0.25) is 4.79 Å². The van der Waals surface area contributed by atoms with Gasteiger partial charge in [-0.1, -0.05) is 46.4 Å². The SMILES string of the molecule is Cc1c(O)c(Cl)cc2c1Oc1c(cc(CCCCC(=O)O)c(O)c1Cl)C21OC(=O)c2cc(Cl)c(Cl)cc21. The van der Waals surface area contributed by atoms with Crippen LogP contribution in [0.1, 0.15) is 57.4 Å². The number of rotatable bonds is 5. The molecule has 1 spiro atoms. The average Bonchev–Trinajstić information content (AvgIpc) is 3.11. The van der Waals surface area contributed by atoms with Crippen LogP contribution in [-0.2, 0) is 21.6 Å². The van der Waals surface area contributed by atoms with Crippen molar-refractivity contribution in [2.24, 2.45) is 0 Å². The zero-order valence-electron chi connectivity index (χ0n) is 19.1. The highest BCUT2D eigenvalue weighted by Crippen LogP contribution is 2.61. The first kappa shape index (κ1) is 25.8. The van der Waals surface area contributed by atoms with Crippen molar-refractivity contribution >= 4 is 58.3 Å². The van der Waals surface area contributed by atoms with Crippen LogP contribution in [0, 0.1) is 6.92 Å². The lowest BCUT2D eigenvalue weighted by Crippen LogP contribution is -2.33. The van der Waals surface area contributed by atoms with E-state index in [1.54, 1.807) is 13.0 Å². The molecular weight excluding hydrogens is 566 g/mol. The Labute approximate surface area is 231 Å². The molecule has 1 atom stereocenters. The maximum atomic E-state index is 13.2. The van der Waals surface area contributed by atoms with Crippen LogP contribution < -0.4 is 4.74 Å². The quantitative estimate of drug-likeness (QED) is 0.212. The third-order valence-corrected chi connectivity index (χ3v) is 8.03. The fraction of sp³-hybridized carbons (Fsp3) is 0.231. The molecule has 0 aromatic heterocycles. The first-order valence-corrected chi connectivity index (χ1v) is 12.7. The van der Waals surface area contributed by atoms with Gasteiger partial charge >= 0.3 is 11.9 Å². The van der Waals surface area contributed by atoms with Gasteiger partial charge in [0.05, 0.1) is 20.6 Å². The van der Waals surface area contributed by atoms with Crippen molar-refractivity contribution in [2.45, 2.75) is 38.2 Å². The van der Waals surface area contributed by atoms with Crippen LogP contribution in [0.15, 0.2) is 24.3 Å². The highest BCUT2D eigenvalue weighted by Gasteiger charge is 2.55. The average molecular weight is 584 g/mol. The van der Waals surface area contributed by atoms with Crippen molar-refractivity contribution in [3.05, 3.63) is 77.7 Å². The van der Waals surface area contributed by atoms with Crippen molar-refractivity contribution in [3.8, 4) is 23.0 Å². The van der Waals surface area contributed by atoms with Crippen LogP contribution in [0.2, 0.25) is 20.1 Å². The predicted molar refractivity (Wildman–Crippen MR) is 138 cm³/mol. The fourth-order valence-electron chi connectivity index (χ4n) is 4.86. The maximum absolute atomic E-state index is 13.2. The van der Waals surface area contributed by atoms with Gasteiger partial charge in [0.15, 0.2) is 11.4 Å². The number of benzene rings is 3. The van der Waals surface area contributed by atoms with Crippen LogP contribution >= 0.6 is 46.4 Å². The molecule has 1 unspecified atom stereocenters. The van der Waals surface area contributed by atoms with Crippen molar-refractivity contribution in [1.82, 2.24) is 0 Å². The highest BCUT2D eigenvalue weighted by atomic mass is 35.5. The van der Waals surface area contributed by atoms with Gasteiger partial charge in [-0.15, -0.1) is 0 Å². The third-order valence-electron chi connectivity index (χ3n) is 6.67. The van der Waals surface area contributed by atoms with Crippen LogP contribution in [-0.4, -0.2) is 27.3 Å². The fourth-order valence-corrected chi connectivity index (χ4v) is 5.70. The lowest BCUT2D eigenvalue weighted by molar-refractivity contribution is -0.137. The van der Waals surface area contributed by atoms with E-state index >= 15 is 0 Å². The molecule has 11 heteroatoms. The largest absolute Gasteiger partial charge is 0.506 e. The summed E-state index contributed by atoms with van der Waals surface area (Å²) in [6, 6.07) is 5.99. The molecule has 2 heterocycles. The second-order valence-electron chi connectivity index (χ2n) is 8.87. The van der Waals surface area contributed by atoms with Gasteiger partial charge in [-0.2, -0.15) is 0 Å². The van der Waals surface area contributed by atoms with E-state index in [2.05, 4.69) is 0 Å². The van der Waals surface area contributed by atoms with E-state index in [1.165, 1.54) is 18.2 Å². The van der Waals surface area contributed by atoms with Crippen LogP contribution in [0.25, 0.3) is 0 Å². The van der Waals surface area contributed by atoms with Gasteiger partial charge in [-0.25, -0.2) is 4.79 Å². The van der Waals surface area contributed by atoms with Crippen molar-refractivity contribution in [2.75, 3.05) is 0 Å². The number of carboxylic acid groups (broad SMARTS) is 1. The first-order valence-electron chi connectivity index (χ1n) is 11.2. The molecule has 3 aromatic rings. The van der Waals surface area contributed by atoms with E-state index in [0.29, 0.717) is 41.5 Å². The summed E-state index contributed by atoms with van der Waals surface area (Å²) in [7, 11) is 0. The summed E-state index contributed by atoms with van der Waals surface area (Å²) in [5, 5.41) is 30.6. The number of hydrogen-bond donors (Lipinski definition) is 3. The molecule has 0 saturated heterocycles. The summed E-state index contributed by atoms with van der Waals surface area (Å²) in [6.07, 6.45) is 1.11. The first-order chi connectivity index (χ1) is 17.5. The number of carboxylic acids is 1. The number of phenolic OH excluding ortho intramolecular Hbond substituents is 2.